The molecule has 2 atom stereocenters. The molecule has 6 aromatic rings. The SMILES string of the molecule is CN(Cc1ccccc1)C(=O)C1CCC(N[C@H](Cc2ccc(Cl)cc2)C(=O)N2CCC(Cn3cncn3)(C3CCCCC3)CC2)CC1.CN(Cc1ccccc1)C(=O)C1CCC(N[C@H](Cc2ccc(Cl)cc2)C(=O)N2CCC(Cn3cncn3)(C3CCCCC3)CC2)CC1. The van der Waals surface area contributed by atoms with Crippen LogP contribution in [-0.2, 0) is 58.2 Å². The molecule has 2 aliphatic heterocycles. The van der Waals surface area contributed by atoms with E-state index in [4.69, 9.17) is 23.2 Å². The minimum Gasteiger partial charge on any atom is -0.341 e. The molecule has 16 nitrogen and oxygen atoms in total. The fourth-order valence-corrected chi connectivity index (χ4v) is 17.4. The summed E-state index contributed by atoms with van der Waals surface area (Å²) in [7, 11) is 3.82. The number of carbonyl (C=O) groups is 4. The molecule has 4 aromatic carbocycles. The van der Waals surface area contributed by atoms with Gasteiger partial charge in [0.05, 0.1) is 12.1 Å². The fourth-order valence-electron chi connectivity index (χ4n) is 17.1. The Morgan fingerprint density at radius 2 is 0.819 bits per heavy atom. The maximum atomic E-state index is 14.3. The summed E-state index contributed by atoms with van der Waals surface area (Å²) in [5.41, 5.74) is 4.81. The van der Waals surface area contributed by atoms with Crippen LogP contribution in [0.2, 0.25) is 10.0 Å². The van der Waals surface area contributed by atoms with E-state index >= 15 is 0 Å². The minimum absolute atomic E-state index is 0.0344. The Labute approximate surface area is 568 Å². The normalized spacial score (nSPS) is 22.5. The van der Waals surface area contributed by atoms with E-state index in [1.54, 1.807) is 12.7 Å². The summed E-state index contributed by atoms with van der Waals surface area (Å²) in [6.45, 7) is 6.13. The zero-order chi connectivity index (χ0) is 65.3. The van der Waals surface area contributed by atoms with Crippen molar-refractivity contribution in [2.45, 2.75) is 204 Å². The third-order valence-electron chi connectivity index (χ3n) is 22.6. The van der Waals surface area contributed by atoms with Crippen LogP contribution in [0, 0.1) is 34.5 Å². The van der Waals surface area contributed by atoms with E-state index in [1.807, 2.05) is 131 Å². The molecule has 6 aliphatic rings. The monoisotopic (exact) mass is 1320 g/mol. The second kappa shape index (κ2) is 33.5. The third-order valence-corrected chi connectivity index (χ3v) is 23.1. The third kappa shape index (κ3) is 18.6. The molecule has 4 saturated carbocycles. The molecule has 2 saturated heterocycles. The van der Waals surface area contributed by atoms with Gasteiger partial charge in [-0.15, -0.1) is 0 Å². The summed E-state index contributed by atoms with van der Waals surface area (Å²) >= 11 is 12.4. The number of nitrogens with one attached hydrogen (secondary N) is 2. The van der Waals surface area contributed by atoms with Gasteiger partial charge in [-0.3, -0.25) is 28.5 Å². The summed E-state index contributed by atoms with van der Waals surface area (Å²) in [6.07, 6.45) is 32.1. The Morgan fingerprint density at radius 1 is 0.468 bits per heavy atom. The number of piperidine rings is 2. The summed E-state index contributed by atoms with van der Waals surface area (Å²) < 4.78 is 4.02. The molecule has 0 unspecified atom stereocenters. The van der Waals surface area contributed by atoms with Gasteiger partial charge in [-0.1, -0.05) is 147 Å². The zero-order valence-electron chi connectivity index (χ0n) is 55.8. The minimum atomic E-state index is -0.313. The lowest BCUT2D eigenvalue weighted by atomic mass is 9.63. The number of benzene rings is 4. The molecular weight excluding hydrogens is 1220 g/mol. The van der Waals surface area contributed by atoms with Crippen molar-refractivity contribution in [1.29, 1.82) is 0 Å². The second-order valence-corrected chi connectivity index (χ2v) is 29.7. The molecule has 504 valence electrons. The summed E-state index contributed by atoms with van der Waals surface area (Å²) in [4.78, 5) is 71.7. The van der Waals surface area contributed by atoms with Crippen LogP contribution in [0.25, 0.3) is 0 Å². The maximum absolute atomic E-state index is 14.3. The number of hydrogen-bond acceptors (Lipinski definition) is 10. The van der Waals surface area contributed by atoms with E-state index in [0.717, 1.165) is 139 Å². The molecule has 0 radical (unpaired) electrons. The first kappa shape index (κ1) is 68.9. The molecule has 6 fully saturated rings. The zero-order valence-corrected chi connectivity index (χ0v) is 57.3. The Morgan fingerprint density at radius 3 is 1.15 bits per heavy atom. The molecule has 2 aromatic heterocycles. The van der Waals surface area contributed by atoms with Crippen molar-refractivity contribution in [3.63, 3.8) is 0 Å². The van der Waals surface area contributed by atoms with Gasteiger partial charge in [0.25, 0.3) is 0 Å². The predicted molar refractivity (Wildman–Crippen MR) is 371 cm³/mol. The van der Waals surface area contributed by atoms with Gasteiger partial charge in [0.15, 0.2) is 0 Å². The largest absolute Gasteiger partial charge is 0.341 e. The molecular formula is C76H102Cl2N12O4. The summed E-state index contributed by atoms with van der Waals surface area (Å²) in [5, 5.41) is 17.9. The van der Waals surface area contributed by atoms with Gasteiger partial charge in [0.1, 0.15) is 25.3 Å². The van der Waals surface area contributed by atoms with Crippen molar-refractivity contribution in [2.75, 3.05) is 40.3 Å². The maximum Gasteiger partial charge on any atom is 0.240 e. The second-order valence-electron chi connectivity index (χ2n) is 28.8. The van der Waals surface area contributed by atoms with Gasteiger partial charge in [-0.05, 0) is 185 Å². The lowest BCUT2D eigenvalue weighted by Crippen LogP contribution is -2.55. The van der Waals surface area contributed by atoms with Gasteiger partial charge in [-0.2, -0.15) is 10.2 Å². The van der Waals surface area contributed by atoms with Crippen LogP contribution in [0.1, 0.15) is 164 Å². The van der Waals surface area contributed by atoms with E-state index < -0.39 is 0 Å². The lowest BCUT2D eigenvalue weighted by molar-refractivity contribution is -0.138. The molecule has 94 heavy (non-hydrogen) atoms. The van der Waals surface area contributed by atoms with Gasteiger partial charge in [-0.25, -0.2) is 9.97 Å². The van der Waals surface area contributed by atoms with Gasteiger partial charge < -0.3 is 30.2 Å². The molecule has 0 spiro atoms. The van der Waals surface area contributed by atoms with Crippen molar-refractivity contribution >= 4 is 46.8 Å². The number of nitrogens with zero attached hydrogens (tertiary/aromatic N) is 10. The van der Waals surface area contributed by atoms with Crippen LogP contribution >= 0.6 is 23.2 Å². The smallest absolute Gasteiger partial charge is 0.240 e. The van der Waals surface area contributed by atoms with Crippen molar-refractivity contribution in [2.24, 2.45) is 34.5 Å². The molecule has 18 heteroatoms. The highest BCUT2D eigenvalue weighted by Crippen LogP contribution is 2.49. The number of hydrogen-bond donors (Lipinski definition) is 2. The topological polar surface area (TPSA) is 167 Å². The highest BCUT2D eigenvalue weighted by molar-refractivity contribution is 6.30. The molecule has 12 rings (SSSR count). The van der Waals surface area contributed by atoms with Gasteiger partial charge >= 0.3 is 0 Å². The first-order chi connectivity index (χ1) is 45.8. The van der Waals surface area contributed by atoms with E-state index in [-0.39, 0.29) is 70.5 Å². The Bertz CT molecular complexity index is 3040. The predicted octanol–water partition coefficient (Wildman–Crippen LogP) is 13.1. The molecule has 4 heterocycles. The van der Waals surface area contributed by atoms with Crippen molar-refractivity contribution in [3.8, 4) is 0 Å². The average molecular weight is 1320 g/mol. The van der Waals surface area contributed by atoms with Crippen LogP contribution in [0.3, 0.4) is 0 Å². The fraction of sp³-hybridized carbons (Fsp3) is 0.579. The van der Waals surface area contributed by atoms with Gasteiger partial charge in [0.2, 0.25) is 23.6 Å². The Kier molecular flexibility index (Phi) is 24.5. The van der Waals surface area contributed by atoms with E-state index in [9.17, 15) is 19.2 Å². The number of amides is 4. The first-order valence-electron chi connectivity index (χ1n) is 35.6. The van der Waals surface area contributed by atoms with E-state index in [0.29, 0.717) is 47.8 Å². The van der Waals surface area contributed by atoms with Gasteiger partial charge in [0, 0.05) is 100 Å². The van der Waals surface area contributed by atoms with Crippen LogP contribution < -0.4 is 10.6 Å². The molecule has 0 bridgehead atoms. The van der Waals surface area contributed by atoms with Crippen LogP contribution in [0.15, 0.2) is 135 Å². The first-order valence-corrected chi connectivity index (χ1v) is 36.3. The van der Waals surface area contributed by atoms with Crippen LogP contribution in [0.4, 0.5) is 0 Å². The van der Waals surface area contributed by atoms with Crippen LogP contribution in [0.5, 0.6) is 0 Å². The highest BCUT2D eigenvalue weighted by atomic mass is 35.5. The van der Waals surface area contributed by atoms with Crippen molar-refractivity contribution in [1.82, 2.24) is 59.8 Å². The number of aromatic nitrogens is 6. The summed E-state index contributed by atoms with van der Waals surface area (Å²) in [6, 6.07) is 35.9. The lowest BCUT2D eigenvalue weighted by Gasteiger charge is -2.48. The quantitative estimate of drug-likeness (QED) is 0.0668. The highest BCUT2D eigenvalue weighted by Gasteiger charge is 2.46. The Balaban J connectivity index is 0.000000192. The van der Waals surface area contributed by atoms with E-state index in [1.165, 1.54) is 64.2 Å². The number of rotatable bonds is 22. The summed E-state index contributed by atoms with van der Waals surface area (Å²) in [5.74, 6) is 2.25. The number of carbonyl (C=O) groups excluding carboxylic acids is 4. The number of likely N-dealkylation sites (tertiary alicyclic amines) is 2. The standard InChI is InChI=1S/2C38H51ClN6O2/c2*1-43(25-30-8-4-2-5-9-30)36(46)31-14-18-34(19-15-31)42-35(24-29-12-16-33(39)17-13-29)37(47)44-22-20-38(21-23-44,26-45-28-40-27-41-45)32-10-6-3-7-11-32/h2*2,4-5,8-9,12-13,16-17,27-28,31-32,34-35,42H,3,6-7,10-11,14-15,18-26H2,1H3/t2*31?,34?,35-/m11/s1. The van der Waals surface area contributed by atoms with E-state index in [2.05, 4.69) is 64.9 Å². The molecule has 4 amide bonds. The molecule has 4 aliphatic carbocycles. The Hall–Kier alpha value is -6.46. The average Bonchev–Trinajstić information content (AvgIpc) is 1.33. The molecule has 2 N–H and O–H groups in total. The van der Waals surface area contributed by atoms with Crippen molar-refractivity contribution in [3.05, 3.63) is 167 Å². The number of halogens is 2. The van der Waals surface area contributed by atoms with Crippen LogP contribution in [-0.4, -0.2) is 137 Å². The van der Waals surface area contributed by atoms with Crippen molar-refractivity contribution < 1.29 is 19.2 Å².